The highest BCUT2D eigenvalue weighted by Gasteiger charge is 2.02. The summed E-state index contributed by atoms with van der Waals surface area (Å²) in [5, 5.41) is 9.64. The third-order valence-electron chi connectivity index (χ3n) is 2.00. The molecule has 3 nitrogen and oxygen atoms in total. The molecule has 0 aliphatic rings. The average molecular weight is 221 g/mol. The van der Waals surface area contributed by atoms with Gasteiger partial charge in [-0.05, 0) is 24.3 Å². The maximum atomic E-state index is 8.75. The van der Waals surface area contributed by atoms with Crippen LogP contribution in [0, 0.1) is 11.3 Å². The zero-order chi connectivity index (χ0) is 11.1. The molecule has 0 saturated heterocycles. The number of unbranched alkanes of at least 4 members (excludes halogenated alkanes) is 2. The van der Waals surface area contributed by atoms with E-state index >= 15 is 0 Å². The van der Waals surface area contributed by atoms with Crippen LogP contribution in [0.3, 0.4) is 0 Å². The van der Waals surface area contributed by atoms with Crippen LogP contribution in [0.4, 0.5) is 5.69 Å². The molecule has 1 heterocycles. The molecule has 2 N–H and O–H groups in total. The van der Waals surface area contributed by atoms with E-state index in [0.717, 1.165) is 10.8 Å². The molecule has 0 aliphatic heterocycles. The fraction of sp³-hybridized carbons (Fsp3) is 0.455. The van der Waals surface area contributed by atoms with Crippen LogP contribution in [0.25, 0.3) is 0 Å². The van der Waals surface area contributed by atoms with Crippen molar-refractivity contribution >= 4 is 17.4 Å². The van der Waals surface area contributed by atoms with Crippen LogP contribution < -0.4 is 5.73 Å². The minimum Gasteiger partial charge on any atom is -0.396 e. The van der Waals surface area contributed by atoms with Crippen LogP contribution in [-0.4, -0.2) is 10.7 Å². The molecule has 0 unspecified atom stereocenters. The van der Waals surface area contributed by atoms with Crippen molar-refractivity contribution in [3.63, 3.8) is 0 Å². The van der Waals surface area contributed by atoms with Crippen LogP contribution in [0.2, 0.25) is 0 Å². The summed E-state index contributed by atoms with van der Waals surface area (Å²) in [7, 11) is 0. The molecule has 0 aromatic carbocycles. The van der Waals surface area contributed by atoms with Gasteiger partial charge in [-0.3, -0.25) is 0 Å². The van der Waals surface area contributed by atoms with Crippen LogP contribution in [0.5, 0.6) is 0 Å². The Kier molecular flexibility index (Phi) is 4.99. The number of nitrogens with two attached hydrogens (primary N) is 1. The molecule has 0 bridgehead atoms. The lowest BCUT2D eigenvalue weighted by Crippen LogP contribution is -1.94. The fourth-order valence-electron chi connectivity index (χ4n) is 1.15. The standard InChI is InChI=1S/C11H15N3S/c1-2-3-4-7-15-11-6-5-9(13)10(8-12)14-11/h5-6H,2-4,7,13H2,1H3. The number of anilines is 1. The Morgan fingerprint density at radius 3 is 2.93 bits per heavy atom. The van der Waals surface area contributed by atoms with Crippen molar-refractivity contribution in [1.29, 1.82) is 5.26 Å². The third-order valence-corrected chi connectivity index (χ3v) is 3.02. The molecule has 4 heteroatoms. The van der Waals surface area contributed by atoms with Gasteiger partial charge in [0.2, 0.25) is 0 Å². The number of aromatic nitrogens is 1. The molecule has 0 aliphatic carbocycles. The smallest absolute Gasteiger partial charge is 0.164 e. The van der Waals surface area contributed by atoms with E-state index in [2.05, 4.69) is 11.9 Å². The van der Waals surface area contributed by atoms with Gasteiger partial charge in [-0.2, -0.15) is 5.26 Å². The first-order valence-electron chi connectivity index (χ1n) is 5.07. The monoisotopic (exact) mass is 221 g/mol. The average Bonchev–Trinajstić information content (AvgIpc) is 2.26. The maximum absolute atomic E-state index is 8.75. The van der Waals surface area contributed by atoms with Gasteiger partial charge in [0.15, 0.2) is 5.69 Å². The molecule has 0 radical (unpaired) electrons. The number of hydrogen-bond acceptors (Lipinski definition) is 4. The molecule has 0 atom stereocenters. The van der Waals surface area contributed by atoms with Gasteiger partial charge >= 0.3 is 0 Å². The Bertz CT molecular complexity index is 357. The van der Waals surface area contributed by atoms with Crippen LogP contribution >= 0.6 is 11.8 Å². The first-order valence-corrected chi connectivity index (χ1v) is 6.06. The number of rotatable bonds is 5. The van der Waals surface area contributed by atoms with Gasteiger partial charge in [-0.1, -0.05) is 19.8 Å². The summed E-state index contributed by atoms with van der Waals surface area (Å²) in [4.78, 5) is 4.17. The second-order valence-corrected chi connectivity index (χ2v) is 4.37. The molecule has 80 valence electrons. The van der Waals surface area contributed by atoms with Gasteiger partial charge in [0, 0.05) is 0 Å². The van der Waals surface area contributed by atoms with Gasteiger partial charge < -0.3 is 5.73 Å². The quantitative estimate of drug-likeness (QED) is 0.613. The zero-order valence-corrected chi connectivity index (χ0v) is 9.68. The molecule has 0 saturated carbocycles. The molecule has 1 rings (SSSR count). The van der Waals surface area contributed by atoms with E-state index in [0.29, 0.717) is 11.4 Å². The van der Waals surface area contributed by atoms with Gasteiger partial charge in [-0.25, -0.2) is 4.98 Å². The Morgan fingerprint density at radius 2 is 2.27 bits per heavy atom. The summed E-state index contributed by atoms with van der Waals surface area (Å²) in [5.74, 6) is 1.05. The molecule has 1 aromatic heterocycles. The van der Waals surface area contributed by atoms with Crippen molar-refractivity contribution in [1.82, 2.24) is 4.98 Å². The van der Waals surface area contributed by atoms with E-state index in [-0.39, 0.29) is 0 Å². The highest BCUT2D eigenvalue weighted by molar-refractivity contribution is 7.99. The lowest BCUT2D eigenvalue weighted by atomic mass is 10.3. The predicted octanol–water partition coefficient (Wildman–Crippen LogP) is 2.82. The number of thioether (sulfide) groups is 1. The molecule has 0 amide bonds. The van der Waals surface area contributed by atoms with Crippen molar-refractivity contribution < 1.29 is 0 Å². The van der Waals surface area contributed by atoms with Crippen LogP contribution in [0.1, 0.15) is 31.9 Å². The van der Waals surface area contributed by atoms with E-state index in [1.165, 1.54) is 19.3 Å². The van der Waals surface area contributed by atoms with Crippen LogP contribution in [-0.2, 0) is 0 Å². The Labute approximate surface area is 94.7 Å². The number of nitrogen functional groups attached to an aromatic ring is 1. The second kappa shape index (κ2) is 6.31. The fourth-order valence-corrected chi connectivity index (χ4v) is 2.03. The van der Waals surface area contributed by atoms with Crippen molar-refractivity contribution in [2.75, 3.05) is 11.5 Å². The molecule has 15 heavy (non-hydrogen) atoms. The summed E-state index contributed by atoms with van der Waals surface area (Å²) >= 11 is 1.68. The third kappa shape index (κ3) is 3.80. The predicted molar refractivity (Wildman–Crippen MR) is 63.6 cm³/mol. The van der Waals surface area contributed by atoms with Gasteiger partial charge in [-0.15, -0.1) is 11.8 Å². The number of pyridine rings is 1. The van der Waals surface area contributed by atoms with Crippen LogP contribution in [0.15, 0.2) is 17.2 Å². The minimum atomic E-state index is 0.329. The van der Waals surface area contributed by atoms with E-state index in [9.17, 15) is 0 Å². The van der Waals surface area contributed by atoms with Gasteiger partial charge in [0.1, 0.15) is 6.07 Å². The first-order chi connectivity index (χ1) is 7.27. The summed E-state index contributed by atoms with van der Waals surface area (Å²) in [6, 6.07) is 5.60. The largest absolute Gasteiger partial charge is 0.396 e. The van der Waals surface area contributed by atoms with Crippen molar-refractivity contribution in [2.45, 2.75) is 31.2 Å². The summed E-state index contributed by atoms with van der Waals surface area (Å²) in [6.07, 6.45) is 3.65. The minimum absolute atomic E-state index is 0.329. The van der Waals surface area contributed by atoms with E-state index < -0.39 is 0 Å². The Balaban J connectivity index is 2.52. The Hall–Kier alpha value is -1.21. The molecular formula is C11H15N3S. The normalized spacial score (nSPS) is 9.87. The topological polar surface area (TPSA) is 62.7 Å². The lowest BCUT2D eigenvalue weighted by Gasteiger charge is -2.02. The zero-order valence-electron chi connectivity index (χ0n) is 8.86. The summed E-state index contributed by atoms with van der Waals surface area (Å²) in [5.41, 5.74) is 6.37. The molecule has 1 aromatic rings. The molecule has 0 fully saturated rings. The maximum Gasteiger partial charge on any atom is 0.164 e. The van der Waals surface area contributed by atoms with E-state index in [1.807, 2.05) is 12.1 Å². The lowest BCUT2D eigenvalue weighted by molar-refractivity contribution is 0.778. The van der Waals surface area contributed by atoms with Gasteiger partial charge in [0.05, 0.1) is 10.7 Å². The molecule has 0 spiro atoms. The number of nitrogens with zero attached hydrogens (tertiary/aromatic N) is 2. The Morgan fingerprint density at radius 1 is 1.47 bits per heavy atom. The van der Waals surface area contributed by atoms with E-state index in [4.69, 9.17) is 11.0 Å². The van der Waals surface area contributed by atoms with Gasteiger partial charge in [0.25, 0.3) is 0 Å². The second-order valence-electron chi connectivity index (χ2n) is 3.25. The summed E-state index contributed by atoms with van der Waals surface area (Å²) < 4.78 is 0. The molecular weight excluding hydrogens is 206 g/mol. The van der Waals surface area contributed by atoms with Crippen molar-refractivity contribution in [2.24, 2.45) is 0 Å². The van der Waals surface area contributed by atoms with Crippen molar-refractivity contribution in [3.8, 4) is 6.07 Å². The van der Waals surface area contributed by atoms with E-state index in [1.54, 1.807) is 17.8 Å². The highest BCUT2D eigenvalue weighted by Crippen LogP contribution is 2.20. The number of hydrogen-bond donors (Lipinski definition) is 1. The number of nitriles is 1. The SMILES string of the molecule is CCCCCSc1ccc(N)c(C#N)n1. The van der Waals surface area contributed by atoms with Crippen molar-refractivity contribution in [3.05, 3.63) is 17.8 Å². The first kappa shape index (κ1) is 11.9. The summed E-state index contributed by atoms with van der Waals surface area (Å²) in [6.45, 7) is 2.18. The highest BCUT2D eigenvalue weighted by atomic mass is 32.2.